The Labute approximate surface area is 216 Å². The number of hydrogen-bond donors (Lipinski definition) is 1. The van der Waals surface area contributed by atoms with E-state index in [1.54, 1.807) is 82.9 Å². The molecule has 0 radical (unpaired) electrons. The molecular formula is C27H34N4O6. The van der Waals surface area contributed by atoms with Gasteiger partial charge in [-0.1, -0.05) is 0 Å². The molecule has 2 atom stereocenters. The van der Waals surface area contributed by atoms with Crippen molar-refractivity contribution < 1.29 is 29.0 Å². The van der Waals surface area contributed by atoms with Gasteiger partial charge >= 0.3 is 18.2 Å². The van der Waals surface area contributed by atoms with Gasteiger partial charge in [0.05, 0.1) is 23.7 Å². The van der Waals surface area contributed by atoms with Gasteiger partial charge in [0.25, 0.3) is 0 Å². The maximum atomic E-state index is 12.7. The monoisotopic (exact) mass is 510 g/mol. The van der Waals surface area contributed by atoms with Crippen LogP contribution in [0.4, 0.5) is 9.59 Å². The maximum absolute atomic E-state index is 12.7. The minimum Gasteiger partial charge on any atom is -0.481 e. The Morgan fingerprint density at radius 2 is 1.68 bits per heavy atom. The molecule has 10 nitrogen and oxygen atoms in total. The molecule has 1 fully saturated rings. The summed E-state index contributed by atoms with van der Waals surface area (Å²) in [5, 5.41) is 19.1. The van der Waals surface area contributed by atoms with Gasteiger partial charge in [-0.3, -0.25) is 4.79 Å². The maximum Gasteiger partial charge on any atom is 0.419 e. The van der Waals surface area contributed by atoms with E-state index < -0.39 is 34.8 Å². The molecule has 1 aliphatic rings. The molecule has 1 aliphatic carbocycles. The predicted octanol–water partition coefficient (Wildman–Crippen LogP) is 5.04. The van der Waals surface area contributed by atoms with Crippen LogP contribution >= 0.6 is 0 Å². The first kappa shape index (κ1) is 27.7. The number of aliphatic carboxylic acids is 1. The summed E-state index contributed by atoms with van der Waals surface area (Å²) in [7, 11) is 0. The Morgan fingerprint density at radius 3 is 2.16 bits per heavy atom. The number of nitriles is 1. The van der Waals surface area contributed by atoms with E-state index in [1.165, 1.54) is 0 Å². The van der Waals surface area contributed by atoms with Gasteiger partial charge in [0.1, 0.15) is 16.6 Å². The third-order valence-corrected chi connectivity index (χ3v) is 5.98. The summed E-state index contributed by atoms with van der Waals surface area (Å²) in [6.45, 7) is 10.3. The van der Waals surface area contributed by atoms with Crippen LogP contribution < -0.4 is 0 Å². The Morgan fingerprint density at radius 1 is 1.11 bits per heavy atom. The van der Waals surface area contributed by atoms with Crippen LogP contribution in [-0.4, -0.2) is 55.5 Å². The van der Waals surface area contributed by atoms with Crippen LogP contribution in [0.1, 0.15) is 72.1 Å². The van der Waals surface area contributed by atoms with Gasteiger partial charge in [-0.25, -0.2) is 19.5 Å². The van der Waals surface area contributed by atoms with E-state index in [4.69, 9.17) is 14.7 Å². The van der Waals surface area contributed by atoms with Crippen molar-refractivity contribution in [2.24, 2.45) is 5.92 Å². The average Bonchev–Trinajstić information content (AvgIpc) is 3.30. The quantitative estimate of drug-likeness (QED) is 0.547. The molecular weight excluding hydrogens is 476 g/mol. The van der Waals surface area contributed by atoms with Crippen molar-refractivity contribution in [2.45, 2.75) is 77.4 Å². The number of rotatable bonds is 7. The lowest BCUT2D eigenvalue weighted by atomic mass is 9.97. The molecule has 10 heteroatoms. The Bertz CT molecular complexity index is 1170. The van der Waals surface area contributed by atoms with Crippen LogP contribution in [0.25, 0.3) is 5.69 Å². The second kappa shape index (κ2) is 10.2. The van der Waals surface area contributed by atoms with Gasteiger partial charge in [0.15, 0.2) is 0 Å². The molecule has 0 saturated heterocycles. The van der Waals surface area contributed by atoms with E-state index in [0.717, 1.165) is 10.6 Å². The zero-order chi connectivity index (χ0) is 27.6. The third-order valence-electron chi connectivity index (χ3n) is 5.98. The number of benzene rings is 1. The van der Waals surface area contributed by atoms with Crippen molar-refractivity contribution in [1.82, 2.24) is 14.5 Å². The number of carbonyl (C=O) groups excluding carboxylic acids is 2. The van der Waals surface area contributed by atoms with Gasteiger partial charge < -0.3 is 19.1 Å². The van der Waals surface area contributed by atoms with Gasteiger partial charge in [-0.15, -0.1) is 0 Å². The minimum absolute atomic E-state index is 0.0374. The minimum atomic E-state index is -1.12. The first-order chi connectivity index (χ1) is 17.2. The van der Waals surface area contributed by atoms with E-state index in [-0.39, 0.29) is 12.5 Å². The predicted molar refractivity (Wildman–Crippen MR) is 134 cm³/mol. The normalized spacial score (nSPS) is 19.0. The number of amides is 2. The largest absolute Gasteiger partial charge is 0.481 e. The number of carboxylic acid groups (broad SMARTS) is 1. The molecule has 3 rings (SSSR count). The highest BCUT2D eigenvalue weighted by molar-refractivity contribution is 5.88. The summed E-state index contributed by atoms with van der Waals surface area (Å²) in [6, 6.07) is 8.97. The Hall–Kier alpha value is -3.87. The second-order valence-electron chi connectivity index (χ2n) is 11.3. The van der Waals surface area contributed by atoms with E-state index in [9.17, 15) is 19.5 Å². The fourth-order valence-corrected chi connectivity index (χ4v) is 4.15. The van der Waals surface area contributed by atoms with Gasteiger partial charge in [-0.2, -0.15) is 5.26 Å². The summed E-state index contributed by atoms with van der Waals surface area (Å²) in [4.78, 5) is 43.0. The highest BCUT2D eigenvalue weighted by atomic mass is 16.6. The first-order valence-electron chi connectivity index (χ1n) is 12.2. The van der Waals surface area contributed by atoms with E-state index >= 15 is 0 Å². The Balaban J connectivity index is 1.69. The van der Waals surface area contributed by atoms with Crippen LogP contribution in [0, 0.1) is 17.2 Å². The molecule has 1 heterocycles. The van der Waals surface area contributed by atoms with E-state index in [1.807, 2.05) is 0 Å². The fourth-order valence-electron chi connectivity index (χ4n) is 4.15. The highest BCUT2D eigenvalue weighted by Gasteiger charge is 2.62. The standard InChI is InChI=1S/C27H34N4O6/c1-25(2,3)36-23(34)31(24(35)37-26(4,5)6)13-7-8-19-14-27(19,22(32)33)21-16-30(17-29-21)20-11-9-18(15-28)10-12-20/h9-12,16-17,19H,7-8,13-14H2,1-6H3,(H,32,33)/t19-,27+/m0/s1. The lowest BCUT2D eigenvalue weighted by Gasteiger charge is -2.28. The van der Waals surface area contributed by atoms with Crippen molar-refractivity contribution in [3.05, 3.63) is 48.0 Å². The SMILES string of the molecule is CC(C)(C)OC(=O)N(CCC[C@H]1C[C@]1(C(=O)O)c1cn(-c2ccc(C#N)cc2)cn1)C(=O)OC(C)(C)C. The van der Waals surface area contributed by atoms with Crippen LogP contribution in [0.3, 0.4) is 0 Å². The average molecular weight is 511 g/mol. The number of hydrogen-bond acceptors (Lipinski definition) is 7. The number of carbonyl (C=O) groups is 3. The third kappa shape index (κ3) is 6.67. The molecule has 1 saturated carbocycles. The first-order valence-corrected chi connectivity index (χ1v) is 12.2. The van der Waals surface area contributed by atoms with E-state index in [2.05, 4.69) is 11.1 Å². The number of ether oxygens (including phenoxy) is 2. The van der Waals surface area contributed by atoms with Crippen LogP contribution in [0.5, 0.6) is 0 Å². The molecule has 1 N–H and O–H groups in total. The lowest BCUT2D eigenvalue weighted by molar-refractivity contribution is -0.140. The molecule has 0 bridgehead atoms. The fraction of sp³-hybridized carbons (Fsp3) is 0.519. The van der Waals surface area contributed by atoms with Crippen molar-refractivity contribution in [3.63, 3.8) is 0 Å². The van der Waals surface area contributed by atoms with Gasteiger partial charge in [0, 0.05) is 18.4 Å². The molecule has 2 aromatic rings. The lowest BCUT2D eigenvalue weighted by Crippen LogP contribution is -2.44. The van der Waals surface area contributed by atoms with Crippen LogP contribution in [0.15, 0.2) is 36.8 Å². The summed E-state index contributed by atoms with van der Waals surface area (Å²) in [5.74, 6) is -1.16. The molecule has 2 amide bonds. The Kier molecular flexibility index (Phi) is 7.67. The molecule has 0 spiro atoms. The van der Waals surface area contributed by atoms with Gasteiger partial charge in [0.2, 0.25) is 0 Å². The number of nitrogens with zero attached hydrogens (tertiary/aromatic N) is 4. The number of imide groups is 1. The second-order valence-corrected chi connectivity index (χ2v) is 11.3. The summed E-state index contributed by atoms with van der Waals surface area (Å²) < 4.78 is 12.5. The zero-order valence-electron chi connectivity index (χ0n) is 22.1. The summed E-state index contributed by atoms with van der Waals surface area (Å²) in [6.07, 6.45) is 2.91. The van der Waals surface area contributed by atoms with Crippen molar-refractivity contribution in [3.8, 4) is 11.8 Å². The van der Waals surface area contributed by atoms with Crippen LogP contribution in [0.2, 0.25) is 0 Å². The van der Waals surface area contributed by atoms with E-state index in [0.29, 0.717) is 30.5 Å². The molecule has 1 aromatic heterocycles. The summed E-state index contributed by atoms with van der Waals surface area (Å²) >= 11 is 0. The zero-order valence-corrected chi connectivity index (χ0v) is 22.1. The van der Waals surface area contributed by atoms with Gasteiger partial charge in [-0.05, 0) is 91.0 Å². The van der Waals surface area contributed by atoms with Crippen LogP contribution in [-0.2, 0) is 19.7 Å². The smallest absolute Gasteiger partial charge is 0.419 e. The highest BCUT2D eigenvalue weighted by Crippen LogP contribution is 2.56. The van der Waals surface area contributed by atoms with Crippen molar-refractivity contribution >= 4 is 18.2 Å². The molecule has 0 unspecified atom stereocenters. The van der Waals surface area contributed by atoms with Crippen molar-refractivity contribution in [2.75, 3.05) is 6.54 Å². The topological polar surface area (TPSA) is 135 Å². The number of carboxylic acids is 1. The molecule has 198 valence electrons. The summed E-state index contributed by atoms with van der Waals surface area (Å²) in [5.41, 5.74) is -0.966. The number of imidazole rings is 1. The van der Waals surface area contributed by atoms with Crippen molar-refractivity contribution in [1.29, 1.82) is 5.26 Å². The molecule has 1 aromatic carbocycles. The number of aromatic nitrogens is 2. The molecule has 0 aliphatic heterocycles. The molecule has 37 heavy (non-hydrogen) atoms.